The van der Waals surface area contributed by atoms with Gasteiger partial charge in [-0.2, -0.15) is 0 Å². The van der Waals surface area contributed by atoms with Gasteiger partial charge in [-0.25, -0.2) is 0 Å². The van der Waals surface area contributed by atoms with Crippen molar-refractivity contribution in [3.63, 3.8) is 0 Å². The molecule has 0 aliphatic heterocycles. The highest BCUT2D eigenvalue weighted by Crippen LogP contribution is 2.50. The van der Waals surface area contributed by atoms with E-state index in [1.165, 1.54) is 16.7 Å². The van der Waals surface area contributed by atoms with Gasteiger partial charge in [0.25, 0.3) is 0 Å². The van der Waals surface area contributed by atoms with Crippen molar-refractivity contribution in [3.8, 4) is 0 Å². The van der Waals surface area contributed by atoms with Crippen LogP contribution in [0, 0.1) is 20.8 Å². The van der Waals surface area contributed by atoms with Crippen LogP contribution in [-0.4, -0.2) is 6.66 Å². The lowest BCUT2D eigenvalue weighted by Gasteiger charge is -2.16. The van der Waals surface area contributed by atoms with Crippen molar-refractivity contribution in [2.24, 2.45) is 0 Å². The first-order chi connectivity index (χ1) is 6.06. The minimum Gasteiger partial charge on any atom is -0.109 e. The first-order valence-electron chi connectivity index (χ1n) is 4.24. The molecule has 0 bridgehead atoms. The zero-order valence-corrected chi connectivity index (χ0v) is 11.5. The molecule has 1 aromatic rings. The number of hydrogen-bond donors (Lipinski definition) is 0. The van der Waals surface area contributed by atoms with E-state index in [4.69, 9.17) is 0 Å². The molecule has 0 spiro atoms. The van der Waals surface area contributed by atoms with Crippen LogP contribution in [0.1, 0.15) is 16.7 Å². The molecule has 0 amide bonds. The number of benzene rings is 1. The van der Waals surface area contributed by atoms with Crippen LogP contribution < -0.4 is 5.30 Å². The Labute approximate surface area is 88.3 Å². The van der Waals surface area contributed by atoms with Gasteiger partial charge >= 0.3 is 0 Å². The van der Waals surface area contributed by atoms with E-state index in [0.29, 0.717) is 0 Å². The van der Waals surface area contributed by atoms with E-state index in [1.54, 1.807) is 5.30 Å². The highest BCUT2D eigenvalue weighted by Gasteiger charge is 2.10. The van der Waals surface area contributed by atoms with Gasteiger partial charge in [0.1, 0.15) is 0 Å². The summed E-state index contributed by atoms with van der Waals surface area (Å²) in [6.45, 7) is 8.91. The third-order valence-corrected chi connectivity index (χ3v) is 8.10. The lowest BCUT2D eigenvalue weighted by molar-refractivity contribution is 1.36. The molecule has 0 aromatic heterocycles. The van der Waals surface area contributed by atoms with E-state index >= 15 is 0 Å². The van der Waals surface area contributed by atoms with Gasteiger partial charge < -0.3 is 0 Å². The third-order valence-electron chi connectivity index (χ3n) is 2.11. The molecule has 72 valence electrons. The van der Waals surface area contributed by atoms with E-state index < -0.39 is 0 Å². The summed E-state index contributed by atoms with van der Waals surface area (Å²) in [4.78, 5) is 0. The van der Waals surface area contributed by atoms with E-state index in [1.807, 2.05) is 11.0 Å². The maximum Gasteiger partial charge on any atom is -0.00786 e. The maximum absolute atomic E-state index is 2.77. The number of aryl methyl sites for hydroxylation is 3. The molecule has 0 aliphatic rings. The van der Waals surface area contributed by atoms with E-state index in [-0.39, 0.29) is 7.12 Å². The third kappa shape index (κ3) is 2.69. The molecule has 0 fully saturated rings. The van der Waals surface area contributed by atoms with Gasteiger partial charge in [0.2, 0.25) is 0 Å². The topological polar surface area (TPSA) is 0 Å². The molecule has 3 heteroatoms. The van der Waals surface area contributed by atoms with Gasteiger partial charge in [-0.05, 0) is 51.0 Å². The quantitative estimate of drug-likeness (QED) is 0.696. The summed E-state index contributed by atoms with van der Waals surface area (Å²) in [7, 11) is 2.72. The first-order valence-corrected chi connectivity index (χ1v) is 8.93. The van der Waals surface area contributed by atoms with Gasteiger partial charge in [0.15, 0.2) is 0 Å². The predicted molar refractivity (Wildman–Crippen MR) is 70.4 cm³/mol. The molecule has 0 aliphatic carbocycles. The average molecular weight is 230 g/mol. The van der Waals surface area contributed by atoms with E-state index in [2.05, 4.69) is 48.0 Å². The lowest BCUT2D eigenvalue weighted by atomic mass is 10.1. The number of rotatable bonds is 2. The Morgan fingerprint density at radius 2 is 1.62 bits per heavy atom. The summed E-state index contributed by atoms with van der Waals surface area (Å²) in [5.74, 6) is 0. The highest BCUT2D eigenvalue weighted by molar-refractivity contribution is 8.80. The summed E-state index contributed by atoms with van der Waals surface area (Å²) in [6, 6.07) is 4.56. The Morgan fingerprint density at radius 3 is 2.00 bits per heavy atom. The number of hydrogen-bond acceptors (Lipinski definition) is 1. The molecule has 0 N–H and O–H groups in total. The van der Waals surface area contributed by atoms with Gasteiger partial charge in [-0.15, -0.1) is 11.0 Å². The van der Waals surface area contributed by atoms with Crippen LogP contribution in [0.25, 0.3) is 0 Å². The van der Waals surface area contributed by atoms with Crippen molar-refractivity contribution in [2.75, 3.05) is 6.66 Å². The monoisotopic (exact) mass is 230 g/mol. The largest absolute Gasteiger partial charge is 0.109 e. The van der Waals surface area contributed by atoms with Crippen molar-refractivity contribution in [1.82, 2.24) is 0 Å². The Hall–Kier alpha value is 0.430. The predicted octanol–water partition coefficient (Wildman–Crippen LogP) is 3.79. The molecule has 13 heavy (non-hydrogen) atoms. The van der Waals surface area contributed by atoms with Crippen molar-refractivity contribution in [3.05, 3.63) is 28.8 Å². The van der Waals surface area contributed by atoms with Gasteiger partial charge in [0.05, 0.1) is 0 Å². The van der Waals surface area contributed by atoms with Crippen LogP contribution in [-0.2, 0) is 0 Å². The van der Waals surface area contributed by atoms with E-state index in [0.717, 1.165) is 0 Å². The highest BCUT2D eigenvalue weighted by atomic mass is 33.1. The first kappa shape index (κ1) is 11.5. The molecule has 0 saturated heterocycles. The maximum atomic E-state index is 2.77. The second-order valence-corrected chi connectivity index (χ2v) is 9.18. The summed E-state index contributed by atoms with van der Waals surface area (Å²) < 4.78 is 0. The summed E-state index contributed by atoms with van der Waals surface area (Å²) in [5.41, 5.74) is 4.26. The smallest absolute Gasteiger partial charge is 0.00786 e. The van der Waals surface area contributed by atoms with Gasteiger partial charge in [-0.3, -0.25) is 0 Å². The second kappa shape index (κ2) is 4.78. The van der Waals surface area contributed by atoms with Crippen LogP contribution in [0.4, 0.5) is 0 Å². The van der Waals surface area contributed by atoms with E-state index in [9.17, 15) is 0 Å². The van der Waals surface area contributed by atoms with Crippen LogP contribution in [0.2, 0.25) is 0 Å². The van der Waals surface area contributed by atoms with Crippen LogP contribution in [0.5, 0.6) is 0 Å². The minimum absolute atomic E-state index is 0.0479. The van der Waals surface area contributed by atoms with Crippen molar-refractivity contribution in [2.45, 2.75) is 20.8 Å². The molecule has 2 unspecified atom stereocenters. The van der Waals surface area contributed by atoms with Crippen LogP contribution in [0.3, 0.4) is 0 Å². The molecule has 0 saturated carbocycles. The van der Waals surface area contributed by atoms with Gasteiger partial charge in [-0.1, -0.05) is 26.1 Å². The van der Waals surface area contributed by atoms with Crippen LogP contribution >= 0.6 is 26.6 Å². The van der Waals surface area contributed by atoms with Gasteiger partial charge in [0, 0.05) is 0 Å². The zero-order chi connectivity index (χ0) is 10.0. The molecule has 0 heterocycles. The fourth-order valence-electron chi connectivity index (χ4n) is 1.72. The molecule has 2 atom stereocenters. The Bertz CT molecular complexity index is 287. The Balaban J connectivity index is 3.20. The van der Waals surface area contributed by atoms with Crippen LogP contribution in [0.15, 0.2) is 12.1 Å². The van der Waals surface area contributed by atoms with Crippen molar-refractivity contribution in [1.29, 1.82) is 0 Å². The fourth-order valence-corrected chi connectivity index (χ4v) is 5.08. The standard InChI is InChI=1S/C10H16P2S/c1-7-5-8(2)10(9(3)6-7)12(4)13-11/h5-6H,11H2,1-4H3. The SMILES string of the molecule is Cc1cc(C)c(P(C)SP)c(C)c1. The fraction of sp³-hybridized carbons (Fsp3) is 0.400. The summed E-state index contributed by atoms with van der Waals surface area (Å²) in [5, 5.41) is 1.56. The molecular weight excluding hydrogens is 214 g/mol. The molecule has 0 radical (unpaired) electrons. The lowest BCUT2D eigenvalue weighted by Crippen LogP contribution is -2.07. The molecule has 1 aromatic carbocycles. The second-order valence-electron chi connectivity index (χ2n) is 3.35. The zero-order valence-electron chi connectivity index (χ0n) is 8.59. The van der Waals surface area contributed by atoms with Crippen molar-refractivity contribution >= 4 is 31.9 Å². The Morgan fingerprint density at radius 1 is 1.15 bits per heavy atom. The molecular formula is C10H16P2S. The average Bonchev–Trinajstić information content (AvgIpc) is 2.02. The van der Waals surface area contributed by atoms with Crippen molar-refractivity contribution < 1.29 is 0 Å². The Kier molecular flexibility index (Phi) is 4.23. The minimum atomic E-state index is -0.0479. The summed E-state index contributed by atoms with van der Waals surface area (Å²) in [6.07, 6.45) is 0. The summed E-state index contributed by atoms with van der Waals surface area (Å²) >= 11 is 1.89. The molecule has 1 rings (SSSR count). The normalized spacial score (nSPS) is 13.0. The molecule has 0 nitrogen and oxygen atoms in total.